The average molecular weight is 238 g/mol. The standard InChI is InChI=1S/C11H10O4S/c1-16(14)11-7-4-2-3-5-8(7)15-9(11)6-10(12)13/h2-5H,6H2,1H3,(H,12,13). The normalized spacial score (nSPS) is 12.8. The van der Waals surface area contributed by atoms with Gasteiger partial charge in [0.15, 0.2) is 0 Å². The number of carboxylic acid groups (broad SMARTS) is 1. The van der Waals surface area contributed by atoms with Crippen LogP contribution in [0.5, 0.6) is 0 Å². The van der Waals surface area contributed by atoms with Crippen molar-refractivity contribution in [1.29, 1.82) is 0 Å². The van der Waals surface area contributed by atoms with E-state index in [4.69, 9.17) is 9.52 Å². The van der Waals surface area contributed by atoms with Crippen LogP contribution in [0, 0.1) is 0 Å². The van der Waals surface area contributed by atoms with E-state index in [-0.39, 0.29) is 12.2 Å². The first-order valence-corrected chi connectivity index (χ1v) is 6.21. The molecule has 0 aliphatic rings. The Morgan fingerprint density at radius 2 is 2.12 bits per heavy atom. The Kier molecular flexibility index (Phi) is 2.78. The second kappa shape index (κ2) is 4.09. The van der Waals surface area contributed by atoms with E-state index in [1.54, 1.807) is 24.3 Å². The second-order valence-electron chi connectivity index (χ2n) is 3.38. The van der Waals surface area contributed by atoms with E-state index in [2.05, 4.69) is 0 Å². The molecule has 0 spiro atoms. The number of benzene rings is 1. The second-order valence-corrected chi connectivity index (χ2v) is 4.69. The Balaban J connectivity index is 2.68. The summed E-state index contributed by atoms with van der Waals surface area (Å²) >= 11 is 0. The molecule has 0 saturated heterocycles. The third-order valence-electron chi connectivity index (χ3n) is 2.22. The Morgan fingerprint density at radius 1 is 1.44 bits per heavy atom. The van der Waals surface area contributed by atoms with Gasteiger partial charge in [-0.15, -0.1) is 0 Å². The summed E-state index contributed by atoms with van der Waals surface area (Å²) in [5.41, 5.74) is 0.573. The lowest BCUT2D eigenvalue weighted by atomic mass is 10.2. The molecule has 0 fully saturated rings. The highest BCUT2D eigenvalue weighted by molar-refractivity contribution is 7.84. The van der Waals surface area contributed by atoms with Gasteiger partial charge in [-0.3, -0.25) is 9.00 Å². The molecule has 0 bridgehead atoms. The summed E-state index contributed by atoms with van der Waals surface area (Å²) < 4.78 is 17.0. The molecule has 0 saturated carbocycles. The van der Waals surface area contributed by atoms with Crippen LogP contribution in [0.1, 0.15) is 5.76 Å². The summed E-state index contributed by atoms with van der Waals surface area (Å²) in [6.45, 7) is 0. The first-order valence-electron chi connectivity index (χ1n) is 4.65. The summed E-state index contributed by atoms with van der Waals surface area (Å²) in [6.07, 6.45) is 1.27. The molecule has 0 aliphatic carbocycles. The van der Waals surface area contributed by atoms with E-state index >= 15 is 0 Å². The van der Waals surface area contributed by atoms with E-state index in [1.165, 1.54) is 6.26 Å². The molecule has 1 N–H and O–H groups in total. The van der Waals surface area contributed by atoms with Crippen LogP contribution in [0.2, 0.25) is 0 Å². The van der Waals surface area contributed by atoms with Gasteiger partial charge in [-0.25, -0.2) is 0 Å². The number of hydrogen-bond donors (Lipinski definition) is 1. The van der Waals surface area contributed by atoms with Crippen LogP contribution in [0.15, 0.2) is 33.6 Å². The minimum absolute atomic E-state index is 0.246. The molecule has 1 aromatic carbocycles. The summed E-state index contributed by atoms with van der Waals surface area (Å²) in [7, 11) is -1.26. The van der Waals surface area contributed by atoms with Crippen molar-refractivity contribution < 1.29 is 18.5 Å². The van der Waals surface area contributed by atoms with E-state index in [1.807, 2.05) is 0 Å². The molecule has 0 aliphatic heterocycles. The number of carbonyl (C=O) groups is 1. The van der Waals surface area contributed by atoms with Gasteiger partial charge in [0.05, 0.1) is 15.7 Å². The third kappa shape index (κ3) is 1.86. The van der Waals surface area contributed by atoms with Crippen molar-refractivity contribution in [3.05, 3.63) is 30.0 Å². The smallest absolute Gasteiger partial charge is 0.311 e. The number of fused-ring (bicyclic) bond motifs is 1. The molecule has 4 nitrogen and oxygen atoms in total. The van der Waals surface area contributed by atoms with Crippen LogP contribution >= 0.6 is 0 Å². The van der Waals surface area contributed by atoms with Crippen molar-refractivity contribution in [2.75, 3.05) is 6.26 Å². The maximum absolute atomic E-state index is 11.6. The molecule has 1 atom stereocenters. The molecule has 1 heterocycles. The van der Waals surface area contributed by atoms with E-state index in [0.29, 0.717) is 10.5 Å². The summed E-state index contributed by atoms with van der Waals surface area (Å²) in [5, 5.41) is 9.46. The molecule has 2 aromatic rings. The molecule has 5 heteroatoms. The average Bonchev–Trinajstić information content (AvgIpc) is 2.53. The summed E-state index contributed by atoms with van der Waals surface area (Å²) in [4.78, 5) is 11.1. The molecule has 2 rings (SSSR count). The summed E-state index contributed by atoms with van der Waals surface area (Å²) in [5.74, 6) is -0.722. The molecule has 0 radical (unpaired) electrons. The van der Waals surface area contributed by atoms with Crippen LogP contribution in [0.3, 0.4) is 0 Å². The number of carboxylic acids is 1. The van der Waals surface area contributed by atoms with Crippen molar-refractivity contribution in [3.63, 3.8) is 0 Å². The van der Waals surface area contributed by atoms with Crippen LogP contribution < -0.4 is 0 Å². The topological polar surface area (TPSA) is 67.5 Å². The fourth-order valence-corrected chi connectivity index (χ4v) is 2.55. The quantitative estimate of drug-likeness (QED) is 0.885. The van der Waals surface area contributed by atoms with Gasteiger partial charge >= 0.3 is 5.97 Å². The van der Waals surface area contributed by atoms with Crippen LogP contribution in [0.4, 0.5) is 0 Å². The lowest BCUT2D eigenvalue weighted by molar-refractivity contribution is -0.136. The Morgan fingerprint density at radius 3 is 2.75 bits per heavy atom. The van der Waals surface area contributed by atoms with Gasteiger partial charge in [0.2, 0.25) is 0 Å². The van der Waals surface area contributed by atoms with Crippen molar-refractivity contribution in [3.8, 4) is 0 Å². The van der Waals surface area contributed by atoms with Gasteiger partial charge in [0.1, 0.15) is 17.8 Å². The summed E-state index contributed by atoms with van der Waals surface area (Å²) in [6, 6.07) is 7.11. The molecule has 1 aromatic heterocycles. The zero-order valence-electron chi connectivity index (χ0n) is 8.60. The molecule has 0 amide bonds. The van der Waals surface area contributed by atoms with Gasteiger partial charge < -0.3 is 9.52 Å². The van der Waals surface area contributed by atoms with Gasteiger partial charge in [0.25, 0.3) is 0 Å². The maximum atomic E-state index is 11.6. The van der Waals surface area contributed by atoms with Gasteiger partial charge in [-0.05, 0) is 12.1 Å². The van der Waals surface area contributed by atoms with Gasteiger partial charge in [-0.2, -0.15) is 0 Å². The highest BCUT2D eigenvalue weighted by Crippen LogP contribution is 2.28. The van der Waals surface area contributed by atoms with Gasteiger partial charge in [-0.1, -0.05) is 12.1 Å². The first kappa shape index (κ1) is 10.9. The predicted molar refractivity (Wildman–Crippen MR) is 59.9 cm³/mol. The molecule has 84 valence electrons. The maximum Gasteiger partial charge on any atom is 0.311 e. The Labute approximate surface area is 94.3 Å². The molecule has 16 heavy (non-hydrogen) atoms. The van der Waals surface area contributed by atoms with E-state index in [0.717, 1.165) is 5.39 Å². The highest BCUT2D eigenvalue weighted by atomic mass is 32.2. The highest BCUT2D eigenvalue weighted by Gasteiger charge is 2.18. The van der Waals surface area contributed by atoms with Crippen molar-refractivity contribution in [2.24, 2.45) is 0 Å². The SMILES string of the molecule is CS(=O)c1c(CC(=O)O)oc2ccccc12. The molecular weight excluding hydrogens is 228 g/mol. The first-order chi connectivity index (χ1) is 7.59. The fraction of sp³-hybridized carbons (Fsp3) is 0.182. The Bertz CT molecular complexity index is 570. The Hall–Kier alpha value is -1.62. The van der Waals surface area contributed by atoms with Gasteiger partial charge in [0, 0.05) is 11.6 Å². The minimum atomic E-state index is -1.26. The largest absolute Gasteiger partial charge is 0.481 e. The zero-order chi connectivity index (χ0) is 11.7. The number of furan rings is 1. The van der Waals surface area contributed by atoms with Crippen LogP contribution in [0.25, 0.3) is 11.0 Å². The number of hydrogen-bond acceptors (Lipinski definition) is 3. The van der Waals surface area contributed by atoms with Crippen molar-refractivity contribution >= 4 is 27.7 Å². The number of para-hydroxylation sites is 1. The van der Waals surface area contributed by atoms with E-state index < -0.39 is 16.8 Å². The lowest BCUT2D eigenvalue weighted by Gasteiger charge is -1.95. The lowest BCUT2D eigenvalue weighted by Crippen LogP contribution is -2.02. The molecule has 1 unspecified atom stereocenters. The monoisotopic (exact) mass is 238 g/mol. The fourth-order valence-electron chi connectivity index (χ4n) is 1.64. The minimum Gasteiger partial charge on any atom is -0.481 e. The van der Waals surface area contributed by atoms with Crippen LogP contribution in [-0.4, -0.2) is 21.5 Å². The van der Waals surface area contributed by atoms with Crippen LogP contribution in [-0.2, 0) is 22.0 Å². The number of aliphatic carboxylic acids is 1. The van der Waals surface area contributed by atoms with E-state index in [9.17, 15) is 9.00 Å². The predicted octanol–water partition coefficient (Wildman–Crippen LogP) is 1.80. The number of rotatable bonds is 3. The van der Waals surface area contributed by atoms with Crippen molar-refractivity contribution in [1.82, 2.24) is 0 Å². The molecular formula is C11H10O4S. The zero-order valence-corrected chi connectivity index (χ0v) is 9.41. The van der Waals surface area contributed by atoms with Crippen molar-refractivity contribution in [2.45, 2.75) is 11.3 Å². The third-order valence-corrected chi connectivity index (χ3v) is 3.24.